The van der Waals surface area contributed by atoms with Crippen molar-refractivity contribution in [2.75, 3.05) is 0 Å². The van der Waals surface area contributed by atoms with Crippen molar-refractivity contribution in [2.45, 2.75) is 19.3 Å². The Bertz CT molecular complexity index is 3280. The Morgan fingerprint density at radius 2 is 1.14 bits per heavy atom. The molecule has 0 radical (unpaired) electrons. The first-order valence-electron chi connectivity index (χ1n) is 18.7. The van der Waals surface area contributed by atoms with Gasteiger partial charge in [0.05, 0.1) is 22.8 Å². The Morgan fingerprint density at radius 3 is 1.95 bits per heavy atom. The van der Waals surface area contributed by atoms with Crippen LogP contribution in [-0.4, -0.2) is 19.9 Å². The molecule has 0 fully saturated rings. The Hall–Kier alpha value is -7.07. The molecule has 0 bridgehead atoms. The highest BCUT2D eigenvalue weighted by Gasteiger charge is 2.35. The van der Waals surface area contributed by atoms with Gasteiger partial charge in [-0.2, -0.15) is 5.26 Å². The summed E-state index contributed by atoms with van der Waals surface area (Å²) < 4.78 is 2.43. The maximum absolute atomic E-state index is 9.49. The zero-order chi connectivity index (χ0) is 37.5. The highest BCUT2D eigenvalue weighted by Crippen LogP contribution is 2.49. The van der Waals surface area contributed by atoms with E-state index >= 15 is 0 Å². The normalized spacial score (nSPS) is 12.9. The highest BCUT2D eigenvalue weighted by atomic mass is 32.1. The van der Waals surface area contributed by atoms with Crippen LogP contribution in [0.1, 0.15) is 30.5 Å². The molecule has 0 amide bonds. The molecule has 0 atom stereocenters. The smallest absolute Gasteiger partial charge is 0.164 e. The predicted octanol–water partition coefficient (Wildman–Crippen LogP) is 12.8. The third kappa shape index (κ3) is 4.91. The maximum atomic E-state index is 9.49. The van der Waals surface area contributed by atoms with Crippen LogP contribution in [-0.2, 0) is 5.41 Å². The molecular formula is C50H31N5S. The molecule has 1 aliphatic rings. The van der Waals surface area contributed by atoms with Crippen molar-refractivity contribution in [1.82, 2.24) is 19.9 Å². The Labute approximate surface area is 327 Å². The number of fused-ring (bicyclic) bond motifs is 10. The number of pyridine rings is 1. The molecule has 7 aromatic carbocycles. The van der Waals surface area contributed by atoms with Crippen molar-refractivity contribution in [2.24, 2.45) is 0 Å². The SMILES string of the molecule is CC1(C)c2ccccc2-c2cc(-c3nc(-c4ccc(C#N)cc4)nc(-c4ccc5sc6c(ccc7c(-c8ccccc8)nc8ccccc8c76)c5c4)n3)ccc21. The van der Waals surface area contributed by atoms with E-state index in [2.05, 4.69) is 141 Å². The van der Waals surface area contributed by atoms with Crippen molar-refractivity contribution >= 4 is 53.2 Å². The van der Waals surface area contributed by atoms with Gasteiger partial charge in [0.25, 0.3) is 0 Å². The molecule has 0 aliphatic heterocycles. The van der Waals surface area contributed by atoms with Crippen LogP contribution in [0.4, 0.5) is 0 Å². The van der Waals surface area contributed by atoms with Crippen LogP contribution in [0.5, 0.6) is 0 Å². The third-order valence-corrected chi connectivity index (χ3v) is 12.6. The summed E-state index contributed by atoms with van der Waals surface area (Å²) in [6, 6.07) is 54.8. The number of aromatic nitrogens is 4. The number of hydrogen-bond donors (Lipinski definition) is 0. The van der Waals surface area contributed by atoms with Crippen molar-refractivity contribution in [3.8, 4) is 62.6 Å². The van der Waals surface area contributed by atoms with Crippen molar-refractivity contribution < 1.29 is 0 Å². The lowest BCUT2D eigenvalue weighted by atomic mass is 9.82. The van der Waals surface area contributed by atoms with Gasteiger partial charge in [0.2, 0.25) is 0 Å². The molecule has 10 aromatic rings. The fraction of sp³-hybridized carbons (Fsp3) is 0.0600. The summed E-state index contributed by atoms with van der Waals surface area (Å²) in [6.45, 7) is 4.58. The van der Waals surface area contributed by atoms with E-state index in [0.29, 0.717) is 23.0 Å². The van der Waals surface area contributed by atoms with Crippen LogP contribution >= 0.6 is 11.3 Å². The molecule has 11 rings (SSSR count). The largest absolute Gasteiger partial charge is 0.247 e. The van der Waals surface area contributed by atoms with E-state index in [1.165, 1.54) is 42.4 Å². The average molecular weight is 734 g/mol. The Kier molecular flexibility index (Phi) is 7.07. The molecule has 0 N–H and O–H groups in total. The first kappa shape index (κ1) is 32.4. The lowest BCUT2D eigenvalue weighted by Crippen LogP contribution is -2.14. The molecule has 3 aromatic heterocycles. The van der Waals surface area contributed by atoms with Crippen LogP contribution in [0.15, 0.2) is 152 Å². The summed E-state index contributed by atoms with van der Waals surface area (Å²) in [6.07, 6.45) is 0. The van der Waals surface area contributed by atoms with E-state index < -0.39 is 0 Å². The molecule has 262 valence electrons. The van der Waals surface area contributed by atoms with Gasteiger partial charge in [0.15, 0.2) is 17.5 Å². The van der Waals surface area contributed by atoms with E-state index in [-0.39, 0.29) is 5.41 Å². The fourth-order valence-corrected chi connectivity index (χ4v) is 9.78. The molecular weight excluding hydrogens is 703 g/mol. The predicted molar refractivity (Wildman–Crippen MR) is 230 cm³/mol. The van der Waals surface area contributed by atoms with Crippen LogP contribution in [0.3, 0.4) is 0 Å². The summed E-state index contributed by atoms with van der Waals surface area (Å²) in [5, 5.41) is 15.4. The van der Waals surface area contributed by atoms with Gasteiger partial charge >= 0.3 is 0 Å². The quantitative estimate of drug-likeness (QED) is 0.168. The molecule has 1 aliphatic carbocycles. The van der Waals surface area contributed by atoms with E-state index in [1.807, 2.05) is 41.7 Å². The minimum absolute atomic E-state index is 0.0989. The summed E-state index contributed by atoms with van der Waals surface area (Å²) in [5.41, 5.74) is 11.3. The second-order valence-corrected chi connectivity index (χ2v) is 16.0. The second-order valence-electron chi connectivity index (χ2n) is 14.9. The van der Waals surface area contributed by atoms with Gasteiger partial charge in [-0.15, -0.1) is 11.3 Å². The number of para-hydroxylation sites is 1. The van der Waals surface area contributed by atoms with E-state index in [9.17, 15) is 5.26 Å². The van der Waals surface area contributed by atoms with Gasteiger partial charge in [-0.05, 0) is 76.9 Å². The van der Waals surface area contributed by atoms with E-state index in [4.69, 9.17) is 19.9 Å². The standard InChI is InChI=1S/C50H31N5S/c1-50(2)40-14-8-6-12-34(40)38-26-32(20-24-41(38)50)48-53-47(31-18-16-29(28-51)17-19-31)54-49(55-48)33-21-25-43-39(27-33)35-22-23-37-44(46(35)56-43)36-13-7-9-15-42(36)52-45(37)30-10-4-3-5-11-30/h3-27H,1-2H3. The zero-order valence-electron chi connectivity index (χ0n) is 30.6. The van der Waals surface area contributed by atoms with E-state index in [1.54, 1.807) is 0 Å². The molecule has 5 nitrogen and oxygen atoms in total. The summed E-state index contributed by atoms with van der Waals surface area (Å²) in [7, 11) is 0. The molecule has 0 saturated carbocycles. The maximum Gasteiger partial charge on any atom is 0.164 e. The number of thiophene rings is 1. The minimum atomic E-state index is -0.0989. The lowest BCUT2D eigenvalue weighted by molar-refractivity contribution is 0.660. The van der Waals surface area contributed by atoms with Gasteiger partial charge in [0, 0.05) is 64.0 Å². The molecule has 3 heterocycles. The van der Waals surface area contributed by atoms with Gasteiger partial charge in [0.1, 0.15) is 0 Å². The third-order valence-electron chi connectivity index (χ3n) is 11.4. The highest BCUT2D eigenvalue weighted by molar-refractivity contribution is 7.26. The number of nitrogens with zero attached hydrogens (tertiary/aromatic N) is 5. The van der Waals surface area contributed by atoms with Crippen LogP contribution in [0.25, 0.3) is 98.4 Å². The van der Waals surface area contributed by atoms with Crippen molar-refractivity contribution in [3.63, 3.8) is 0 Å². The fourth-order valence-electron chi connectivity index (χ4n) is 8.54. The van der Waals surface area contributed by atoms with Crippen molar-refractivity contribution in [1.29, 1.82) is 5.26 Å². The lowest BCUT2D eigenvalue weighted by Gasteiger charge is -2.21. The van der Waals surface area contributed by atoms with Crippen LogP contribution < -0.4 is 0 Å². The van der Waals surface area contributed by atoms with Crippen LogP contribution in [0, 0.1) is 11.3 Å². The number of rotatable bonds is 4. The van der Waals surface area contributed by atoms with Gasteiger partial charge in [-0.3, -0.25) is 0 Å². The minimum Gasteiger partial charge on any atom is -0.247 e. The molecule has 0 unspecified atom stereocenters. The average Bonchev–Trinajstić information content (AvgIpc) is 3.74. The molecule has 0 spiro atoms. The molecule has 6 heteroatoms. The number of nitriles is 1. The zero-order valence-corrected chi connectivity index (χ0v) is 31.4. The topological polar surface area (TPSA) is 75.3 Å². The van der Waals surface area contributed by atoms with Crippen molar-refractivity contribution in [3.05, 3.63) is 168 Å². The summed E-state index contributed by atoms with van der Waals surface area (Å²) >= 11 is 1.82. The first-order chi connectivity index (χ1) is 27.4. The Morgan fingerprint density at radius 1 is 0.500 bits per heavy atom. The van der Waals surface area contributed by atoms with E-state index in [0.717, 1.165) is 49.6 Å². The molecule has 0 saturated heterocycles. The number of hydrogen-bond acceptors (Lipinski definition) is 6. The number of benzene rings is 7. The van der Waals surface area contributed by atoms with Gasteiger partial charge in [-0.1, -0.05) is 111 Å². The first-order valence-corrected chi connectivity index (χ1v) is 19.5. The Balaban J connectivity index is 1.11. The van der Waals surface area contributed by atoms with Gasteiger partial charge < -0.3 is 0 Å². The van der Waals surface area contributed by atoms with Gasteiger partial charge in [-0.25, -0.2) is 19.9 Å². The second kappa shape index (κ2) is 12.2. The molecule has 56 heavy (non-hydrogen) atoms. The monoisotopic (exact) mass is 733 g/mol. The van der Waals surface area contributed by atoms with Crippen LogP contribution in [0.2, 0.25) is 0 Å². The summed E-state index contributed by atoms with van der Waals surface area (Å²) in [4.78, 5) is 20.5. The summed E-state index contributed by atoms with van der Waals surface area (Å²) in [5.74, 6) is 1.76.